The van der Waals surface area contributed by atoms with Gasteiger partial charge >= 0.3 is 306 Å². The van der Waals surface area contributed by atoms with Crippen molar-refractivity contribution in [3.05, 3.63) is 60.7 Å². The molecule has 0 bridgehead atoms. The Morgan fingerprint density at radius 2 is 1.40 bits per heavy atom. The Morgan fingerprint density at radius 3 is 1.85 bits per heavy atom. The van der Waals surface area contributed by atoms with Crippen molar-refractivity contribution in [2.45, 2.75) is 64.8 Å². The molecule has 0 aliphatic carbocycles. The zero-order valence-electron chi connectivity index (χ0n) is 29.7. The SMILES string of the molecule is COc1ccc(I(OS(=O)(=O)C(F)(F)F)c2c(F)cc(CN(C(=O)OC(C)(C)C)C(=NC(=O)OC(C)(C)C)N3CN(C)C(=O)N(C)C3)cc2F)cc1. The number of aliphatic imine (C=N–C) groups is 1. The van der Waals surface area contributed by atoms with Crippen molar-refractivity contribution in [2.24, 2.45) is 4.99 Å². The van der Waals surface area contributed by atoms with Gasteiger partial charge in [0.05, 0.1) is 0 Å². The van der Waals surface area contributed by atoms with Crippen LogP contribution in [0.15, 0.2) is 41.4 Å². The summed E-state index contributed by atoms with van der Waals surface area (Å²) in [4.78, 5) is 47.8. The number of benzene rings is 2. The number of hydrogen-bond donors (Lipinski definition) is 0. The first-order chi connectivity index (χ1) is 23.7. The van der Waals surface area contributed by atoms with Crippen molar-refractivity contribution >= 4 is 54.5 Å². The Bertz CT molecular complexity index is 1760. The first kappa shape index (κ1) is 42.4. The van der Waals surface area contributed by atoms with E-state index in [1.807, 2.05) is 0 Å². The molecule has 1 saturated heterocycles. The minimum atomic E-state index is -6.32. The van der Waals surface area contributed by atoms with Gasteiger partial charge in [0, 0.05) is 0 Å². The normalized spacial score (nSPS) is 15.0. The molecule has 1 heterocycles. The van der Waals surface area contributed by atoms with Gasteiger partial charge in [0.25, 0.3) is 0 Å². The molecule has 3 rings (SSSR count). The number of ether oxygens (including phenoxy) is 3. The van der Waals surface area contributed by atoms with Crippen LogP contribution in [0.3, 0.4) is 0 Å². The third-order valence-electron chi connectivity index (χ3n) is 6.37. The first-order valence-electron chi connectivity index (χ1n) is 15.1. The van der Waals surface area contributed by atoms with E-state index in [1.54, 1.807) is 20.8 Å². The van der Waals surface area contributed by atoms with E-state index in [0.29, 0.717) is 12.1 Å². The van der Waals surface area contributed by atoms with E-state index in [9.17, 15) is 36.0 Å². The van der Waals surface area contributed by atoms with E-state index in [2.05, 4.69) is 7.50 Å². The van der Waals surface area contributed by atoms with Crippen molar-refractivity contribution in [1.29, 1.82) is 0 Å². The number of rotatable bonds is 7. The quantitative estimate of drug-likeness (QED) is 0.0750. The topological polar surface area (TPSA) is 148 Å². The third kappa shape index (κ3) is 11.0. The van der Waals surface area contributed by atoms with Gasteiger partial charge in [-0.2, -0.15) is 0 Å². The molecule has 14 nitrogen and oxygen atoms in total. The molecule has 4 amide bonds. The van der Waals surface area contributed by atoms with E-state index in [1.165, 1.54) is 68.8 Å². The van der Waals surface area contributed by atoms with Gasteiger partial charge in [-0.05, 0) is 0 Å². The molecule has 0 N–H and O–H groups in total. The summed E-state index contributed by atoms with van der Waals surface area (Å²) in [5.41, 5.74) is -8.40. The summed E-state index contributed by atoms with van der Waals surface area (Å²) in [5.74, 6) is -3.18. The predicted octanol–water partition coefficient (Wildman–Crippen LogP) is 6.54. The molecule has 52 heavy (non-hydrogen) atoms. The Hall–Kier alpha value is -3.99. The standard InChI is InChI=1S/C31H39F5IN5O9S/c1-29(2,3)49-26(43)38-25(41-17-39(7)27(44)40(8)18-41)42(28(45)50-30(4,5)6)16-19-14-22(32)24(23(33)15-19)37(51-52(46,47)31(34,35)36)20-10-12-21(48-9)13-11-20/h10-15H,16-18H2,1-9H3. The molecule has 1 aliphatic rings. The Balaban J connectivity index is 2.21. The first-order valence-corrected chi connectivity index (χ1v) is 19.5. The van der Waals surface area contributed by atoms with Gasteiger partial charge in [0.15, 0.2) is 0 Å². The zero-order chi connectivity index (χ0) is 39.6. The molecule has 0 atom stereocenters. The van der Waals surface area contributed by atoms with Crippen molar-refractivity contribution in [2.75, 3.05) is 34.5 Å². The van der Waals surface area contributed by atoms with Gasteiger partial charge in [-0.15, -0.1) is 0 Å². The number of hydrogen-bond acceptors (Lipinski definition) is 9. The van der Waals surface area contributed by atoms with Crippen molar-refractivity contribution < 1.29 is 61.5 Å². The van der Waals surface area contributed by atoms with Gasteiger partial charge < -0.3 is 0 Å². The van der Waals surface area contributed by atoms with Crippen LogP contribution in [0.5, 0.6) is 5.75 Å². The zero-order valence-corrected chi connectivity index (χ0v) is 32.6. The summed E-state index contributed by atoms with van der Waals surface area (Å²) in [6, 6.07) is 5.70. The van der Waals surface area contributed by atoms with E-state index >= 15 is 8.78 Å². The molecule has 0 spiro atoms. The van der Waals surface area contributed by atoms with E-state index < -0.39 is 93.0 Å². The van der Waals surface area contributed by atoms with Crippen LogP contribution in [0, 0.1) is 18.8 Å². The number of urea groups is 1. The minimum absolute atomic E-state index is 0.216. The van der Waals surface area contributed by atoms with Crippen LogP contribution in [0.1, 0.15) is 47.1 Å². The fourth-order valence-electron chi connectivity index (χ4n) is 4.32. The summed E-state index contributed by atoms with van der Waals surface area (Å²) in [7, 11) is -2.17. The van der Waals surface area contributed by atoms with Crippen LogP contribution in [0.2, 0.25) is 0 Å². The van der Waals surface area contributed by atoms with E-state index in [4.69, 9.17) is 14.2 Å². The second-order valence-corrected chi connectivity index (χ2v) is 19.5. The fraction of sp³-hybridized carbons (Fsp3) is 0.484. The number of nitrogens with zero attached hydrogens (tertiary/aromatic N) is 5. The summed E-state index contributed by atoms with van der Waals surface area (Å²) in [5, 5.41) is 0. The molecule has 21 heteroatoms. The van der Waals surface area contributed by atoms with Crippen LogP contribution in [-0.2, 0) is 28.6 Å². The molecule has 0 unspecified atom stereocenters. The van der Waals surface area contributed by atoms with Crippen LogP contribution in [-0.4, -0.2) is 103 Å². The molecular weight excluding hydrogens is 840 g/mol. The van der Waals surface area contributed by atoms with Gasteiger partial charge in [0.2, 0.25) is 0 Å². The van der Waals surface area contributed by atoms with Crippen LogP contribution in [0.4, 0.5) is 36.3 Å². The molecular formula is C31H39F5IN5O9S. The molecule has 2 aromatic rings. The van der Waals surface area contributed by atoms with Crippen LogP contribution in [0.25, 0.3) is 0 Å². The predicted molar refractivity (Wildman–Crippen MR) is 185 cm³/mol. The molecule has 0 aromatic heterocycles. The van der Waals surface area contributed by atoms with E-state index in [0.717, 1.165) is 17.0 Å². The number of methoxy groups -OCH3 is 1. The molecule has 0 radical (unpaired) electrons. The van der Waals surface area contributed by atoms with Crippen molar-refractivity contribution in [3.8, 4) is 5.75 Å². The second-order valence-electron chi connectivity index (χ2n) is 13.2. The number of guanidine groups is 1. The Labute approximate surface area is 305 Å². The maximum atomic E-state index is 16.0. The Kier molecular flexibility index (Phi) is 13.0. The Morgan fingerprint density at radius 1 is 0.904 bits per heavy atom. The van der Waals surface area contributed by atoms with Gasteiger partial charge in [0.1, 0.15) is 0 Å². The monoisotopic (exact) mass is 879 g/mol. The number of carbonyl (C=O) groups excluding carboxylic acids is 3. The average molecular weight is 880 g/mol. The summed E-state index contributed by atoms with van der Waals surface area (Å²) in [6.07, 6.45) is -2.31. The fourth-order valence-corrected chi connectivity index (χ4v) is 10.8. The van der Waals surface area contributed by atoms with Crippen LogP contribution >= 0.6 is 20.2 Å². The van der Waals surface area contributed by atoms with Crippen molar-refractivity contribution in [1.82, 2.24) is 19.6 Å². The second kappa shape index (κ2) is 15.9. The molecule has 1 fully saturated rings. The molecule has 290 valence electrons. The molecule has 1 aliphatic heterocycles. The third-order valence-corrected chi connectivity index (χ3v) is 13.6. The van der Waals surface area contributed by atoms with Gasteiger partial charge in [-0.3, -0.25) is 0 Å². The number of carbonyl (C=O) groups is 3. The average Bonchev–Trinajstić information content (AvgIpc) is 2.98. The summed E-state index contributed by atoms with van der Waals surface area (Å²) in [6.45, 7) is 8.10. The number of alkyl halides is 3. The number of halogens is 6. The summed E-state index contributed by atoms with van der Waals surface area (Å²) >= 11 is -4.59. The van der Waals surface area contributed by atoms with Crippen molar-refractivity contribution in [3.63, 3.8) is 0 Å². The summed E-state index contributed by atoms with van der Waals surface area (Å²) < 4.78 is 116. The molecule has 0 saturated carbocycles. The maximum absolute atomic E-state index is 16.0. The number of amides is 4. The van der Waals surface area contributed by atoms with Gasteiger partial charge in [-0.25, -0.2) is 0 Å². The van der Waals surface area contributed by atoms with E-state index in [-0.39, 0.29) is 28.2 Å². The van der Waals surface area contributed by atoms with Crippen LogP contribution < -0.4 is 4.74 Å². The molecule has 2 aromatic carbocycles. The van der Waals surface area contributed by atoms with Gasteiger partial charge in [-0.1, -0.05) is 0 Å².